The molecule has 0 aliphatic carbocycles. The molecule has 0 aromatic carbocycles. The lowest BCUT2D eigenvalue weighted by Crippen LogP contribution is -2.39. The highest BCUT2D eigenvalue weighted by molar-refractivity contribution is 5.71. The predicted molar refractivity (Wildman–Crippen MR) is 68.2 cm³/mol. The van der Waals surface area contributed by atoms with Crippen LogP contribution in [0.3, 0.4) is 0 Å². The number of pyridine rings is 1. The number of hydrogen-bond acceptors (Lipinski definition) is 5. The summed E-state index contributed by atoms with van der Waals surface area (Å²) in [5, 5.41) is 20.1. The van der Waals surface area contributed by atoms with Crippen LogP contribution in [0.15, 0.2) is 12.3 Å². The Bertz CT molecular complexity index is 518. The lowest BCUT2D eigenvalue weighted by Gasteiger charge is -2.31. The molecule has 1 atom stereocenters. The first-order valence-electron chi connectivity index (χ1n) is 6.08. The third-order valence-corrected chi connectivity index (χ3v) is 3.25. The quantitative estimate of drug-likeness (QED) is 0.658. The minimum Gasteiger partial charge on any atom is -0.481 e. The Morgan fingerprint density at radius 3 is 3.00 bits per heavy atom. The highest BCUT2D eigenvalue weighted by atomic mass is 16.6. The molecule has 0 saturated carbocycles. The monoisotopic (exact) mass is 265 g/mol. The van der Waals surface area contributed by atoms with Gasteiger partial charge in [-0.05, 0) is 25.3 Å². The maximum atomic E-state index is 11.1. The van der Waals surface area contributed by atoms with E-state index in [-0.39, 0.29) is 18.1 Å². The topological polar surface area (TPSA) is 96.6 Å². The lowest BCUT2D eigenvalue weighted by molar-refractivity contribution is -0.384. The van der Waals surface area contributed by atoms with Gasteiger partial charge in [-0.3, -0.25) is 14.9 Å². The van der Waals surface area contributed by atoms with Crippen molar-refractivity contribution in [2.24, 2.45) is 5.92 Å². The summed E-state index contributed by atoms with van der Waals surface area (Å²) < 4.78 is 0. The first-order chi connectivity index (χ1) is 8.99. The number of carboxylic acids is 1. The Hall–Kier alpha value is -2.18. The number of hydrogen-bond donors (Lipinski definition) is 1. The van der Waals surface area contributed by atoms with Gasteiger partial charge in [-0.2, -0.15) is 0 Å². The minimum atomic E-state index is -0.862. The number of aliphatic carboxylic acids is 1. The van der Waals surface area contributed by atoms with Gasteiger partial charge in [0.15, 0.2) is 0 Å². The summed E-state index contributed by atoms with van der Waals surface area (Å²) in [5.74, 6) is -1.09. The molecule has 0 spiro atoms. The molecular weight excluding hydrogens is 250 g/mol. The van der Waals surface area contributed by atoms with E-state index in [4.69, 9.17) is 5.11 Å². The van der Waals surface area contributed by atoms with Crippen molar-refractivity contribution in [3.8, 4) is 0 Å². The smallest absolute Gasteiger partial charge is 0.311 e. The number of nitro groups is 1. The van der Waals surface area contributed by atoms with Crippen LogP contribution in [0.25, 0.3) is 0 Å². The van der Waals surface area contributed by atoms with Gasteiger partial charge in [0.2, 0.25) is 5.82 Å². The Balaban J connectivity index is 2.30. The van der Waals surface area contributed by atoms with Gasteiger partial charge in [0.05, 0.1) is 10.8 Å². The van der Waals surface area contributed by atoms with Crippen LogP contribution in [0.5, 0.6) is 0 Å². The van der Waals surface area contributed by atoms with Gasteiger partial charge in [-0.15, -0.1) is 0 Å². The number of carbonyl (C=O) groups is 1. The zero-order chi connectivity index (χ0) is 14.0. The summed E-state index contributed by atoms with van der Waals surface area (Å²) in [6, 6.07) is 1.46. The van der Waals surface area contributed by atoms with Crippen LogP contribution >= 0.6 is 0 Å². The maximum absolute atomic E-state index is 11.1. The molecule has 1 aliphatic heterocycles. The molecule has 102 valence electrons. The van der Waals surface area contributed by atoms with Crippen molar-refractivity contribution < 1.29 is 14.8 Å². The Morgan fingerprint density at radius 1 is 1.63 bits per heavy atom. The van der Waals surface area contributed by atoms with Gasteiger partial charge in [0.1, 0.15) is 0 Å². The van der Waals surface area contributed by atoms with Crippen molar-refractivity contribution >= 4 is 17.5 Å². The minimum absolute atomic E-state index is 0.0639. The van der Waals surface area contributed by atoms with Crippen molar-refractivity contribution in [3.05, 3.63) is 27.9 Å². The summed E-state index contributed by atoms with van der Waals surface area (Å²) in [4.78, 5) is 27.4. The standard InChI is InChI=1S/C12H15N3O4/c1-8-5-10(15(18)19)11(13-6-8)14-4-2-3-9(7-14)12(16)17/h5-6,9H,2-4,7H2,1H3,(H,16,17). The third-order valence-electron chi connectivity index (χ3n) is 3.25. The summed E-state index contributed by atoms with van der Waals surface area (Å²) in [5.41, 5.74) is 0.647. The van der Waals surface area contributed by atoms with Gasteiger partial charge in [0.25, 0.3) is 0 Å². The zero-order valence-electron chi connectivity index (χ0n) is 10.6. The van der Waals surface area contributed by atoms with E-state index in [0.717, 1.165) is 0 Å². The molecule has 1 saturated heterocycles. The van der Waals surface area contributed by atoms with Gasteiger partial charge in [-0.1, -0.05) is 0 Å². The molecular formula is C12H15N3O4. The number of aromatic nitrogens is 1. The second-order valence-electron chi connectivity index (χ2n) is 4.74. The Kier molecular flexibility index (Phi) is 3.64. The van der Waals surface area contributed by atoms with Crippen LogP contribution in [0.1, 0.15) is 18.4 Å². The molecule has 1 aromatic rings. The van der Waals surface area contributed by atoms with Crippen LogP contribution in [0, 0.1) is 23.0 Å². The first kappa shape index (κ1) is 13.3. The highest BCUT2D eigenvalue weighted by Crippen LogP contribution is 2.30. The fourth-order valence-electron chi connectivity index (χ4n) is 2.30. The second kappa shape index (κ2) is 5.21. The van der Waals surface area contributed by atoms with Crippen LogP contribution in [-0.4, -0.2) is 34.1 Å². The van der Waals surface area contributed by atoms with Crippen molar-refractivity contribution in [1.82, 2.24) is 4.98 Å². The summed E-state index contributed by atoms with van der Waals surface area (Å²) in [6.07, 6.45) is 2.86. The van der Waals surface area contributed by atoms with E-state index in [2.05, 4.69) is 4.98 Å². The Morgan fingerprint density at radius 2 is 2.37 bits per heavy atom. The van der Waals surface area contributed by atoms with Crippen molar-refractivity contribution in [1.29, 1.82) is 0 Å². The van der Waals surface area contributed by atoms with E-state index in [1.807, 2.05) is 0 Å². The number of aryl methyl sites for hydroxylation is 1. The number of piperidine rings is 1. The maximum Gasteiger partial charge on any atom is 0.311 e. The summed E-state index contributed by atoms with van der Waals surface area (Å²) >= 11 is 0. The molecule has 1 fully saturated rings. The highest BCUT2D eigenvalue weighted by Gasteiger charge is 2.29. The Labute approximate surface area is 110 Å². The lowest BCUT2D eigenvalue weighted by atomic mass is 9.98. The molecule has 0 radical (unpaired) electrons. The van der Waals surface area contributed by atoms with Gasteiger partial charge < -0.3 is 10.0 Å². The molecule has 7 nitrogen and oxygen atoms in total. The normalized spacial score (nSPS) is 19.2. The molecule has 7 heteroatoms. The molecule has 1 aliphatic rings. The molecule has 2 heterocycles. The van der Waals surface area contributed by atoms with Crippen molar-refractivity contribution in [3.63, 3.8) is 0 Å². The SMILES string of the molecule is Cc1cnc(N2CCCC(C(=O)O)C2)c([N+](=O)[O-])c1. The molecule has 1 aromatic heterocycles. The zero-order valence-corrected chi connectivity index (χ0v) is 10.6. The second-order valence-corrected chi connectivity index (χ2v) is 4.74. The number of carboxylic acid groups (broad SMARTS) is 1. The largest absolute Gasteiger partial charge is 0.481 e. The summed E-state index contributed by atoms with van der Waals surface area (Å²) in [6.45, 7) is 2.60. The van der Waals surface area contributed by atoms with E-state index in [1.165, 1.54) is 6.07 Å². The van der Waals surface area contributed by atoms with Crippen LogP contribution in [-0.2, 0) is 4.79 Å². The number of nitrogens with zero attached hydrogens (tertiary/aromatic N) is 3. The third kappa shape index (κ3) is 2.81. The van der Waals surface area contributed by atoms with Crippen LogP contribution in [0.4, 0.5) is 11.5 Å². The van der Waals surface area contributed by atoms with E-state index in [1.54, 1.807) is 18.0 Å². The van der Waals surface area contributed by atoms with Crippen molar-refractivity contribution in [2.45, 2.75) is 19.8 Å². The van der Waals surface area contributed by atoms with E-state index in [0.29, 0.717) is 24.9 Å². The molecule has 2 rings (SSSR count). The average Bonchev–Trinajstić information content (AvgIpc) is 2.38. The summed E-state index contributed by atoms with van der Waals surface area (Å²) in [7, 11) is 0. The molecule has 0 bridgehead atoms. The predicted octanol–water partition coefficient (Wildman–Crippen LogP) is 1.60. The first-order valence-corrected chi connectivity index (χ1v) is 6.08. The van der Waals surface area contributed by atoms with Gasteiger partial charge in [-0.25, -0.2) is 4.98 Å². The number of anilines is 1. The van der Waals surface area contributed by atoms with Gasteiger partial charge in [0, 0.05) is 25.4 Å². The van der Waals surface area contributed by atoms with E-state index in [9.17, 15) is 14.9 Å². The fraction of sp³-hybridized carbons (Fsp3) is 0.500. The van der Waals surface area contributed by atoms with E-state index < -0.39 is 16.8 Å². The number of rotatable bonds is 3. The molecule has 1 N–H and O–H groups in total. The van der Waals surface area contributed by atoms with Crippen LogP contribution in [0.2, 0.25) is 0 Å². The molecule has 1 unspecified atom stereocenters. The molecule has 19 heavy (non-hydrogen) atoms. The molecule has 0 amide bonds. The van der Waals surface area contributed by atoms with Gasteiger partial charge >= 0.3 is 11.7 Å². The fourth-order valence-corrected chi connectivity index (χ4v) is 2.30. The van der Waals surface area contributed by atoms with Crippen LogP contribution < -0.4 is 4.90 Å². The van der Waals surface area contributed by atoms with E-state index >= 15 is 0 Å². The van der Waals surface area contributed by atoms with Crippen molar-refractivity contribution in [2.75, 3.05) is 18.0 Å². The average molecular weight is 265 g/mol.